The minimum atomic E-state index is -2.74. The van der Waals surface area contributed by atoms with Gasteiger partial charge in [-0.1, -0.05) is 20.8 Å². The number of esters is 7. The minimum Gasteiger partial charge on any atom is -0.512 e. The van der Waals surface area contributed by atoms with Crippen LogP contribution in [0.3, 0.4) is 0 Å². The van der Waals surface area contributed by atoms with E-state index in [1.54, 1.807) is 6.92 Å². The first-order valence-electron chi connectivity index (χ1n) is 20.3. The van der Waals surface area contributed by atoms with Crippen molar-refractivity contribution >= 4 is 41.8 Å². The first-order valence-corrected chi connectivity index (χ1v) is 20.3. The van der Waals surface area contributed by atoms with E-state index in [0.29, 0.717) is 0 Å². The molecule has 15 atom stereocenters. The maximum absolute atomic E-state index is 15.1. The number of carbonyl (C=O) groups is 7. The Labute approximate surface area is 354 Å². The standard InChI is InChI=1S/C42H50O20/c1-11-24(48)27-28-36(8,29(55-19(3)44)23-12-13-53-15-23)30(56-20(4)45)31(57-21(5)46)42-38(17-54-18(2)43)25(14-26(49)52-10)35(7)16-39(38)40(51,33(35)58-22(6)47)34(59-32(27)50)41(28,42)61-37(9,60-39)62-42/h12-13,15,25,28-31,33-34,48,51H,11,14,16-17H2,1-10H3/b27-24-/t25-,28+,29-,30-,31+,33-,34+,35-,36+,37?,38+,39+,40-,41+,42-/m0/s1. The molecule has 3 saturated heterocycles. The molecule has 2 N–H and O–H groups in total. The molecular weight excluding hydrogens is 824 g/mol. The van der Waals surface area contributed by atoms with Gasteiger partial charge in [0.05, 0.1) is 36.0 Å². The fourth-order valence-corrected chi connectivity index (χ4v) is 13.7. The topological polar surface area (TPSA) is 265 Å². The normalized spacial score (nSPS) is 44.9. The molecule has 20 nitrogen and oxygen atoms in total. The number of ether oxygens (including phenoxy) is 10. The van der Waals surface area contributed by atoms with Gasteiger partial charge in [0.2, 0.25) is 0 Å². The van der Waals surface area contributed by atoms with Gasteiger partial charge in [-0.3, -0.25) is 28.8 Å². The number of hydrogen-bond acceptors (Lipinski definition) is 20. The van der Waals surface area contributed by atoms with Crippen molar-refractivity contribution in [3.8, 4) is 0 Å². The van der Waals surface area contributed by atoms with Crippen LogP contribution in [0.1, 0.15) is 93.2 Å². The largest absolute Gasteiger partial charge is 0.512 e. The van der Waals surface area contributed by atoms with E-state index in [0.717, 1.165) is 41.7 Å². The summed E-state index contributed by atoms with van der Waals surface area (Å²) in [4.78, 5) is 96.2. The highest BCUT2D eigenvalue weighted by Gasteiger charge is 3.08. The molecule has 7 fully saturated rings. The molecule has 7 aliphatic rings. The molecule has 20 heteroatoms. The van der Waals surface area contributed by atoms with Crippen LogP contribution in [0.15, 0.2) is 34.3 Å². The third kappa shape index (κ3) is 4.83. The van der Waals surface area contributed by atoms with Crippen molar-refractivity contribution in [2.75, 3.05) is 13.7 Å². The lowest BCUT2D eigenvalue weighted by molar-refractivity contribution is -0.497. The number of hydrogen-bond donors (Lipinski definition) is 2. The van der Waals surface area contributed by atoms with E-state index in [1.807, 2.05) is 0 Å². The lowest BCUT2D eigenvalue weighted by atomic mass is 9.31. The van der Waals surface area contributed by atoms with E-state index in [1.165, 1.54) is 39.4 Å². The highest BCUT2D eigenvalue weighted by molar-refractivity contribution is 5.92. The molecule has 338 valence electrons. The summed E-state index contributed by atoms with van der Waals surface area (Å²) in [5, 5.41) is 26.2. The molecule has 0 radical (unpaired) electrons. The molecule has 3 spiro atoms. The van der Waals surface area contributed by atoms with Crippen LogP contribution in [0.25, 0.3) is 0 Å². The van der Waals surface area contributed by atoms with Gasteiger partial charge in [0.25, 0.3) is 5.97 Å². The molecule has 4 heterocycles. The summed E-state index contributed by atoms with van der Waals surface area (Å²) in [5.74, 6) is -12.8. The van der Waals surface area contributed by atoms with Crippen molar-refractivity contribution in [1.82, 2.24) is 0 Å². The Hall–Kier alpha value is -5.05. The van der Waals surface area contributed by atoms with Gasteiger partial charge in [-0.05, 0) is 18.4 Å². The number of aliphatic hydroxyl groups is 2. The van der Waals surface area contributed by atoms with Gasteiger partial charge in [-0.25, -0.2) is 4.79 Å². The third-order valence-electron chi connectivity index (χ3n) is 14.9. The van der Waals surface area contributed by atoms with Gasteiger partial charge in [0, 0.05) is 71.3 Å². The average Bonchev–Trinajstić information content (AvgIpc) is 3.87. The van der Waals surface area contributed by atoms with Crippen molar-refractivity contribution in [1.29, 1.82) is 0 Å². The van der Waals surface area contributed by atoms with Crippen molar-refractivity contribution in [2.45, 2.75) is 140 Å². The number of methoxy groups -OCH3 is 1. The first-order chi connectivity index (χ1) is 28.9. The predicted octanol–water partition coefficient (Wildman–Crippen LogP) is 2.33. The Morgan fingerprint density at radius 2 is 1.53 bits per heavy atom. The van der Waals surface area contributed by atoms with Crippen molar-refractivity contribution < 1.29 is 95.6 Å². The summed E-state index contributed by atoms with van der Waals surface area (Å²) in [6, 6.07) is 1.43. The third-order valence-corrected chi connectivity index (χ3v) is 14.9. The highest BCUT2D eigenvalue weighted by Crippen LogP contribution is 2.90. The van der Waals surface area contributed by atoms with Gasteiger partial charge < -0.3 is 62.0 Å². The maximum atomic E-state index is 15.1. The molecule has 1 aromatic heterocycles. The molecule has 8 rings (SSSR count). The Kier molecular flexibility index (Phi) is 9.48. The number of allylic oxidation sites excluding steroid dienone is 1. The maximum Gasteiger partial charge on any atom is 0.338 e. The van der Waals surface area contributed by atoms with Crippen LogP contribution in [-0.2, 0) is 80.9 Å². The van der Waals surface area contributed by atoms with E-state index in [4.69, 9.17) is 51.8 Å². The van der Waals surface area contributed by atoms with Gasteiger partial charge in [0.1, 0.15) is 30.2 Å². The number of carbonyl (C=O) groups excluding carboxylic acids is 7. The Bertz CT molecular complexity index is 2200. The zero-order valence-electron chi connectivity index (χ0n) is 35.8. The summed E-state index contributed by atoms with van der Waals surface area (Å²) in [6.07, 6.45) is -8.01. The highest BCUT2D eigenvalue weighted by atomic mass is 16.9. The molecule has 62 heavy (non-hydrogen) atoms. The van der Waals surface area contributed by atoms with E-state index in [-0.39, 0.29) is 18.4 Å². The second kappa shape index (κ2) is 13.5. The molecule has 4 aliphatic carbocycles. The number of rotatable bonds is 11. The van der Waals surface area contributed by atoms with E-state index in [9.17, 15) is 39.0 Å². The van der Waals surface area contributed by atoms with Crippen molar-refractivity contribution in [2.24, 2.45) is 28.1 Å². The summed E-state index contributed by atoms with van der Waals surface area (Å²) >= 11 is 0. The molecule has 4 bridgehead atoms. The number of furan rings is 1. The SMILES string of the molecule is CC/C(O)=C1/C(=O)O[C@@H]2[C@@]3(O)[C@@H](OC(C)=O)[C@@]4(C)C[C@]35OC3(C)O[C@]26[C@H]1[C@](C)([C@@H](OC(C)=O)c1ccoc1)[C@@H](OC(C)=O)[C@@H](OC(C)=O)[C@]6(O3)[C@]5(COC(C)=O)[C@H]4CC(=O)OC. The molecular formula is C42H50O20. The van der Waals surface area contributed by atoms with E-state index in [2.05, 4.69) is 0 Å². The van der Waals surface area contributed by atoms with E-state index < -0.39 is 153 Å². The molecule has 0 amide bonds. The van der Waals surface area contributed by atoms with Gasteiger partial charge in [-0.2, -0.15) is 0 Å². The van der Waals surface area contributed by atoms with Gasteiger partial charge in [-0.15, -0.1) is 0 Å². The van der Waals surface area contributed by atoms with Crippen LogP contribution in [0.4, 0.5) is 0 Å². The molecule has 1 unspecified atom stereocenters. The quantitative estimate of drug-likeness (QED) is 0.140. The Balaban J connectivity index is 1.64. The van der Waals surface area contributed by atoms with Crippen LogP contribution in [0.2, 0.25) is 0 Å². The Morgan fingerprint density at radius 3 is 2.08 bits per heavy atom. The summed E-state index contributed by atoms with van der Waals surface area (Å²) in [7, 11) is 1.13. The number of aliphatic hydroxyl groups excluding tert-OH is 1. The minimum absolute atomic E-state index is 0.126. The second-order valence-electron chi connectivity index (χ2n) is 18.0. The molecule has 4 saturated carbocycles. The van der Waals surface area contributed by atoms with Crippen molar-refractivity contribution in [3.63, 3.8) is 0 Å². The van der Waals surface area contributed by atoms with Crippen LogP contribution in [0, 0.1) is 28.1 Å². The first kappa shape index (κ1) is 43.6. The fraction of sp³-hybridized carbons (Fsp3) is 0.690. The van der Waals surface area contributed by atoms with Crippen LogP contribution >= 0.6 is 0 Å². The second-order valence-corrected chi connectivity index (χ2v) is 18.0. The summed E-state index contributed by atoms with van der Waals surface area (Å²) < 4.78 is 69.4. The van der Waals surface area contributed by atoms with Crippen LogP contribution in [-0.4, -0.2) is 119 Å². The molecule has 0 aromatic carbocycles. The summed E-state index contributed by atoms with van der Waals surface area (Å²) in [5.41, 5.74) is -16.6. The lowest BCUT2D eigenvalue weighted by Gasteiger charge is -2.78. The Morgan fingerprint density at radius 1 is 0.887 bits per heavy atom. The zero-order valence-corrected chi connectivity index (χ0v) is 35.8. The van der Waals surface area contributed by atoms with Gasteiger partial charge in [0.15, 0.2) is 35.1 Å². The zero-order chi connectivity index (χ0) is 45.5. The molecule has 3 aliphatic heterocycles. The fourth-order valence-electron chi connectivity index (χ4n) is 13.7. The number of fused-ring (bicyclic) bond motifs is 3. The predicted molar refractivity (Wildman–Crippen MR) is 198 cm³/mol. The van der Waals surface area contributed by atoms with E-state index >= 15 is 4.79 Å². The summed E-state index contributed by atoms with van der Waals surface area (Å²) in [6.45, 7) is 10.5. The van der Waals surface area contributed by atoms with Crippen molar-refractivity contribution in [3.05, 3.63) is 35.5 Å². The smallest absolute Gasteiger partial charge is 0.338 e. The van der Waals surface area contributed by atoms with Crippen LogP contribution in [0.5, 0.6) is 0 Å². The lowest BCUT2D eigenvalue weighted by Crippen LogP contribution is -2.99. The average molecular weight is 875 g/mol. The molecule has 1 aromatic rings. The van der Waals surface area contributed by atoms with Gasteiger partial charge >= 0.3 is 41.8 Å². The van der Waals surface area contributed by atoms with Crippen LogP contribution < -0.4 is 0 Å². The monoisotopic (exact) mass is 874 g/mol.